The number of rotatable bonds is 1. The molecule has 1 heterocycles. The summed E-state index contributed by atoms with van der Waals surface area (Å²) in [5.74, 6) is 0.682. The fraction of sp³-hybridized carbons (Fsp3) is 0.600. The van der Waals surface area contributed by atoms with Gasteiger partial charge in [-0.1, -0.05) is 13.8 Å². The molecule has 1 N–H and O–H groups in total. The molecule has 1 aromatic rings. The van der Waals surface area contributed by atoms with Crippen LogP contribution in [0.4, 0.5) is 5.69 Å². The summed E-state index contributed by atoms with van der Waals surface area (Å²) in [5.41, 5.74) is 9.70. The molecule has 1 nitrogen and oxygen atoms in total. The molecule has 0 radical (unpaired) electrons. The molecule has 16 heavy (non-hydrogen) atoms. The molecule has 0 spiro atoms. The van der Waals surface area contributed by atoms with Gasteiger partial charge in [-0.3, -0.25) is 0 Å². The van der Waals surface area contributed by atoms with E-state index in [2.05, 4.69) is 26.1 Å². The molecule has 0 bridgehead atoms. The fourth-order valence-corrected chi connectivity index (χ4v) is 3.66. The largest absolute Gasteiger partial charge is 0.384 e. The van der Waals surface area contributed by atoms with Gasteiger partial charge in [0.05, 0.1) is 0 Å². The number of hydrogen-bond acceptors (Lipinski definition) is 1. The summed E-state index contributed by atoms with van der Waals surface area (Å²) in [6, 6.07) is 0. The van der Waals surface area contributed by atoms with E-state index in [1.165, 1.54) is 31.4 Å². The molecule has 0 atom stereocenters. The van der Waals surface area contributed by atoms with E-state index in [4.69, 9.17) is 0 Å². The van der Waals surface area contributed by atoms with Crippen molar-refractivity contribution in [3.05, 3.63) is 27.8 Å². The second-order valence-electron chi connectivity index (χ2n) is 5.53. The van der Waals surface area contributed by atoms with Crippen LogP contribution in [0.15, 0.2) is 0 Å². The predicted octanol–water partition coefficient (Wildman–Crippen LogP) is 3.58. The van der Waals surface area contributed by atoms with Crippen LogP contribution < -0.4 is 5.32 Å². The third-order valence-corrected chi connectivity index (χ3v) is 4.25. The van der Waals surface area contributed by atoms with Crippen LogP contribution in [0.25, 0.3) is 0 Å². The van der Waals surface area contributed by atoms with Crippen LogP contribution in [0.3, 0.4) is 0 Å². The molecule has 1 aromatic carbocycles. The minimum Gasteiger partial charge on any atom is -0.384 e. The highest BCUT2D eigenvalue weighted by Gasteiger charge is 2.27. The van der Waals surface area contributed by atoms with Crippen LogP contribution in [-0.4, -0.2) is 6.54 Å². The Labute approximate surface area is 98.3 Å². The van der Waals surface area contributed by atoms with E-state index >= 15 is 0 Å². The van der Waals surface area contributed by atoms with Crippen LogP contribution in [0.1, 0.15) is 54.0 Å². The van der Waals surface area contributed by atoms with Gasteiger partial charge in [0.2, 0.25) is 0 Å². The van der Waals surface area contributed by atoms with Crippen molar-refractivity contribution < 1.29 is 0 Å². The van der Waals surface area contributed by atoms with Gasteiger partial charge in [-0.25, -0.2) is 0 Å². The Bertz CT molecular complexity index is 408. The molecule has 3 rings (SSSR count). The van der Waals surface area contributed by atoms with Crippen LogP contribution in [0, 0.1) is 6.92 Å². The molecule has 0 aromatic heterocycles. The van der Waals surface area contributed by atoms with E-state index < -0.39 is 0 Å². The quantitative estimate of drug-likeness (QED) is 0.755. The number of hydrogen-bond donors (Lipinski definition) is 1. The van der Waals surface area contributed by atoms with Crippen molar-refractivity contribution in [2.45, 2.75) is 52.4 Å². The summed E-state index contributed by atoms with van der Waals surface area (Å²) in [7, 11) is 0. The van der Waals surface area contributed by atoms with Crippen molar-refractivity contribution in [2.75, 3.05) is 11.9 Å². The minimum absolute atomic E-state index is 0.682. The molecule has 1 heteroatoms. The molecule has 2 aliphatic rings. The van der Waals surface area contributed by atoms with E-state index in [0.717, 1.165) is 6.54 Å². The minimum atomic E-state index is 0.682. The van der Waals surface area contributed by atoms with Crippen molar-refractivity contribution in [1.29, 1.82) is 0 Å². The summed E-state index contributed by atoms with van der Waals surface area (Å²) < 4.78 is 0. The Morgan fingerprint density at radius 3 is 2.50 bits per heavy atom. The molecule has 0 saturated heterocycles. The maximum Gasteiger partial charge on any atom is 0.0409 e. The Balaban J connectivity index is 2.31. The van der Waals surface area contributed by atoms with Gasteiger partial charge < -0.3 is 5.32 Å². The van der Waals surface area contributed by atoms with Gasteiger partial charge in [0.25, 0.3) is 0 Å². The van der Waals surface area contributed by atoms with Gasteiger partial charge in [-0.15, -0.1) is 0 Å². The van der Waals surface area contributed by atoms with Crippen molar-refractivity contribution in [3.63, 3.8) is 0 Å². The molecular formula is C15H21N. The van der Waals surface area contributed by atoms with Crippen molar-refractivity contribution >= 4 is 5.69 Å². The molecule has 1 aliphatic carbocycles. The molecule has 0 amide bonds. The third-order valence-electron chi connectivity index (χ3n) is 4.25. The first-order valence-corrected chi connectivity index (χ1v) is 6.61. The molecule has 86 valence electrons. The summed E-state index contributed by atoms with van der Waals surface area (Å²) in [6.45, 7) is 8.15. The standard InChI is InChI=1S/C15H21N/c1-9(2)14-12-6-4-5-11(12)10(3)15-13(14)7-8-16-15/h9,16H,4-8H2,1-3H3. The lowest BCUT2D eigenvalue weighted by molar-refractivity contribution is 0.823. The number of fused-ring (bicyclic) bond motifs is 2. The van der Waals surface area contributed by atoms with Crippen LogP contribution in [-0.2, 0) is 19.3 Å². The highest BCUT2D eigenvalue weighted by Crippen LogP contribution is 2.42. The zero-order valence-corrected chi connectivity index (χ0v) is 10.6. The van der Waals surface area contributed by atoms with E-state index in [9.17, 15) is 0 Å². The Kier molecular flexibility index (Phi) is 2.24. The topological polar surface area (TPSA) is 12.0 Å². The predicted molar refractivity (Wildman–Crippen MR) is 69.5 cm³/mol. The number of benzene rings is 1. The van der Waals surface area contributed by atoms with Gasteiger partial charge in [0.1, 0.15) is 0 Å². The second kappa shape index (κ2) is 3.51. The average Bonchev–Trinajstić information content (AvgIpc) is 2.84. The lowest BCUT2D eigenvalue weighted by atomic mass is 9.86. The van der Waals surface area contributed by atoms with Crippen LogP contribution in [0.5, 0.6) is 0 Å². The maximum absolute atomic E-state index is 3.59. The van der Waals surface area contributed by atoms with Crippen molar-refractivity contribution in [2.24, 2.45) is 0 Å². The van der Waals surface area contributed by atoms with Crippen LogP contribution >= 0.6 is 0 Å². The van der Waals surface area contributed by atoms with E-state index in [0.29, 0.717) is 5.92 Å². The number of nitrogens with one attached hydrogen (secondary N) is 1. The highest BCUT2D eigenvalue weighted by molar-refractivity contribution is 5.69. The first-order valence-electron chi connectivity index (χ1n) is 6.61. The average molecular weight is 215 g/mol. The first-order chi connectivity index (χ1) is 7.70. The zero-order chi connectivity index (χ0) is 11.3. The highest BCUT2D eigenvalue weighted by atomic mass is 14.9. The Hall–Kier alpha value is -0.980. The molecule has 1 aliphatic heterocycles. The van der Waals surface area contributed by atoms with E-state index in [1.54, 1.807) is 27.8 Å². The molecule has 0 unspecified atom stereocenters. The molecule has 0 saturated carbocycles. The lowest BCUT2D eigenvalue weighted by Crippen LogP contribution is -2.04. The molecule has 0 fully saturated rings. The Morgan fingerprint density at radius 1 is 1.00 bits per heavy atom. The zero-order valence-electron chi connectivity index (χ0n) is 10.6. The van der Waals surface area contributed by atoms with Crippen molar-refractivity contribution in [3.8, 4) is 0 Å². The lowest BCUT2D eigenvalue weighted by Gasteiger charge is -2.20. The van der Waals surface area contributed by atoms with E-state index in [1.807, 2.05) is 0 Å². The summed E-state index contributed by atoms with van der Waals surface area (Å²) in [6.07, 6.45) is 5.21. The second-order valence-corrected chi connectivity index (χ2v) is 5.53. The summed E-state index contributed by atoms with van der Waals surface area (Å²) in [4.78, 5) is 0. The van der Waals surface area contributed by atoms with Gasteiger partial charge in [0.15, 0.2) is 0 Å². The van der Waals surface area contributed by atoms with Gasteiger partial charge in [-0.2, -0.15) is 0 Å². The fourth-order valence-electron chi connectivity index (χ4n) is 3.66. The van der Waals surface area contributed by atoms with Gasteiger partial charge in [0, 0.05) is 12.2 Å². The smallest absolute Gasteiger partial charge is 0.0409 e. The summed E-state index contributed by atoms with van der Waals surface area (Å²) in [5, 5.41) is 3.59. The normalized spacial score (nSPS) is 17.5. The van der Waals surface area contributed by atoms with Gasteiger partial charge >= 0.3 is 0 Å². The maximum atomic E-state index is 3.59. The molecular weight excluding hydrogens is 194 g/mol. The number of anilines is 1. The third kappa shape index (κ3) is 1.24. The monoisotopic (exact) mass is 215 g/mol. The van der Waals surface area contributed by atoms with Crippen molar-refractivity contribution in [1.82, 2.24) is 0 Å². The van der Waals surface area contributed by atoms with E-state index in [-0.39, 0.29) is 0 Å². The Morgan fingerprint density at radius 2 is 1.75 bits per heavy atom. The summed E-state index contributed by atoms with van der Waals surface area (Å²) >= 11 is 0. The first kappa shape index (κ1) is 10.2. The van der Waals surface area contributed by atoms with Crippen LogP contribution in [0.2, 0.25) is 0 Å². The van der Waals surface area contributed by atoms with Gasteiger partial charge in [-0.05, 0) is 66.3 Å². The SMILES string of the molecule is Cc1c2c(c(C(C)C)c3c1NCC3)CCC2.